The van der Waals surface area contributed by atoms with E-state index >= 15 is 0 Å². The number of carbonyl (C=O) groups is 3. The molecule has 0 radical (unpaired) electrons. The Morgan fingerprint density at radius 1 is 1.18 bits per heavy atom. The third kappa shape index (κ3) is 4.35. The van der Waals surface area contributed by atoms with E-state index in [-0.39, 0.29) is 24.3 Å². The number of nitrogens with one attached hydrogen (secondary N) is 2. The molecule has 3 N–H and O–H groups in total. The van der Waals surface area contributed by atoms with Crippen LogP contribution in [0.15, 0.2) is 24.3 Å². The van der Waals surface area contributed by atoms with Crippen LogP contribution in [0.2, 0.25) is 0 Å². The van der Waals surface area contributed by atoms with Crippen LogP contribution in [-0.4, -0.2) is 48.7 Å². The molecule has 3 rings (SSSR count). The Hall–Kier alpha value is -2.41. The fourth-order valence-corrected chi connectivity index (χ4v) is 3.87. The van der Waals surface area contributed by atoms with Gasteiger partial charge in [0.15, 0.2) is 0 Å². The fourth-order valence-electron chi connectivity index (χ4n) is 3.87. The van der Waals surface area contributed by atoms with Crippen molar-refractivity contribution in [3.05, 3.63) is 35.4 Å². The molecule has 0 bridgehead atoms. The van der Waals surface area contributed by atoms with Gasteiger partial charge in [0.05, 0.1) is 24.7 Å². The van der Waals surface area contributed by atoms with E-state index in [9.17, 15) is 19.5 Å². The summed E-state index contributed by atoms with van der Waals surface area (Å²) >= 11 is 0. The number of ether oxygens (including phenoxy) is 1. The summed E-state index contributed by atoms with van der Waals surface area (Å²) in [6, 6.07) is 7.50. The molecule has 0 unspecified atom stereocenters. The molecule has 28 heavy (non-hydrogen) atoms. The summed E-state index contributed by atoms with van der Waals surface area (Å²) in [6.45, 7) is 1.83. The molecular formula is C21H28N2O5. The van der Waals surface area contributed by atoms with Crippen molar-refractivity contribution in [1.29, 1.82) is 0 Å². The molecule has 152 valence electrons. The normalized spacial score (nSPS) is 25.5. The van der Waals surface area contributed by atoms with Crippen LogP contribution in [0, 0.1) is 12.8 Å². The number of amides is 2. The molecule has 1 aromatic carbocycles. The summed E-state index contributed by atoms with van der Waals surface area (Å²) in [5.41, 5.74) is 1.62. The molecular weight excluding hydrogens is 360 g/mol. The highest BCUT2D eigenvalue weighted by Crippen LogP contribution is 2.48. The lowest BCUT2D eigenvalue weighted by Crippen LogP contribution is -2.52. The fraction of sp³-hybridized carbons (Fsp3) is 0.571. The Morgan fingerprint density at radius 2 is 1.86 bits per heavy atom. The van der Waals surface area contributed by atoms with Crippen LogP contribution in [0.3, 0.4) is 0 Å². The maximum absolute atomic E-state index is 13.0. The van der Waals surface area contributed by atoms with Crippen molar-refractivity contribution in [3.8, 4) is 0 Å². The molecule has 0 saturated heterocycles. The van der Waals surface area contributed by atoms with Crippen molar-refractivity contribution >= 4 is 17.8 Å². The van der Waals surface area contributed by atoms with Gasteiger partial charge in [-0.05, 0) is 44.6 Å². The van der Waals surface area contributed by atoms with Crippen molar-refractivity contribution in [2.45, 2.75) is 56.6 Å². The van der Waals surface area contributed by atoms with Crippen LogP contribution in [0.25, 0.3) is 0 Å². The maximum atomic E-state index is 13.0. The molecule has 1 aromatic rings. The Kier molecular flexibility index (Phi) is 6.03. The van der Waals surface area contributed by atoms with Crippen molar-refractivity contribution in [2.24, 2.45) is 5.92 Å². The highest BCUT2D eigenvalue weighted by atomic mass is 16.5. The van der Waals surface area contributed by atoms with Gasteiger partial charge in [-0.2, -0.15) is 0 Å². The van der Waals surface area contributed by atoms with Gasteiger partial charge in [0.25, 0.3) is 0 Å². The SMILES string of the molecule is COC(=O)CNC(=O)[C@H]1CC[C@@H](O)[C@H](NC(=O)C2(c3ccc(C)cc3)CC2)C1. The Bertz CT molecular complexity index is 742. The summed E-state index contributed by atoms with van der Waals surface area (Å²) in [5, 5.41) is 15.9. The van der Waals surface area contributed by atoms with Crippen LogP contribution < -0.4 is 10.6 Å². The number of rotatable bonds is 6. The van der Waals surface area contributed by atoms with Crippen molar-refractivity contribution in [2.75, 3.05) is 13.7 Å². The smallest absolute Gasteiger partial charge is 0.325 e. The first-order valence-corrected chi connectivity index (χ1v) is 9.76. The molecule has 2 aliphatic carbocycles. The number of methoxy groups -OCH3 is 1. The minimum absolute atomic E-state index is 0.0870. The highest BCUT2D eigenvalue weighted by Gasteiger charge is 2.52. The topological polar surface area (TPSA) is 105 Å². The number of esters is 1. The zero-order chi connectivity index (χ0) is 20.3. The Balaban J connectivity index is 1.61. The molecule has 0 heterocycles. The van der Waals surface area contributed by atoms with Crippen LogP contribution in [0.4, 0.5) is 0 Å². The van der Waals surface area contributed by atoms with Gasteiger partial charge in [0.1, 0.15) is 6.54 Å². The second kappa shape index (κ2) is 8.31. The molecule has 2 aliphatic rings. The Morgan fingerprint density at radius 3 is 2.46 bits per heavy atom. The van der Waals surface area contributed by atoms with Crippen LogP contribution in [0.5, 0.6) is 0 Å². The van der Waals surface area contributed by atoms with Gasteiger partial charge in [-0.25, -0.2) is 0 Å². The summed E-state index contributed by atoms with van der Waals surface area (Å²) in [4.78, 5) is 36.5. The van der Waals surface area contributed by atoms with Gasteiger partial charge in [-0.1, -0.05) is 29.8 Å². The van der Waals surface area contributed by atoms with E-state index in [1.807, 2.05) is 31.2 Å². The largest absolute Gasteiger partial charge is 0.468 e. The third-order valence-electron chi connectivity index (χ3n) is 5.92. The second-order valence-electron chi connectivity index (χ2n) is 7.90. The molecule has 0 aliphatic heterocycles. The molecule has 0 spiro atoms. The summed E-state index contributed by atoms with van der Waals surface area (Å²) < 4.78 is 4.52. The van der Waals surface area contributed by atoms with Crippen LogP contribution >= 0.6 is 0 Å². The van der Waals surface area contributed by atoms with Gasteiger partial charge in [-0.15, -0.1) is 0 Å². The number of aliphatic hydroxyl groups is 1. The van der Waals surface area contributed by atoms with E-state index in [0.29, 0.717) is 19.3 Å². The van der Waals surface area contributed by atoms with E-state index in [0.717, 1.165) is 24.0 Å². The lowest BCUT2D eigenvalue weighted by molar-refractivity contribution is -0.142. The summed E-state index contributed by atoms with van der Waals surface area (Å²) in [7, 11) is 1.26. The van der Waals surface area contributed by atoms with E-state index in [2.05, 4.69) is 15.4 Å². The monoisotopic (exact) mass is 388 g/mol. The number of carbonyl (C=O) groups excluding carboxylic acids is 3. The van der Waals surface area contributed by atoms with Crippen LogP contribution in [0.1, 0.15) is 43.2 Å². The molecule has 2 saturated carbocycles. The molecule has 0 aromatic heterocycles. The zero-order valence-electron chi connectivity index (χ0n) is 16.4. The van der Waals surface area contributed by atoms with E-state index in [1.54, 1.807) is 0 Å². The number of hydrogen-bond donors (Lipinski definition) is 3. The average Bonchev–Trinajstić information content (AvgIpc) is 3.50. The summed E-state index contributed by atoms with van der Waals surface area (Å²) in [6.07, 6.45) is 2.19. The van der Waals surface area contributed by atoms with E-state index in [1.165, 1.54) is 7.11 Å². The van der Waals surface area contributed by atoms with E-state index in [4.69, 9.17) is 0 Å². The highest BCUT2D eigenvalue weighted by molar-refractivity contribution is 5.91. The second-order valence-corrected chi connectivity index (χ2v) is 7.90. The lowest BCUT2D eigenvalue weighted by atomic mass is 9.82. The van der Waals surface area contributed by atoms with Crippen molar-refractivity contribution < 1.29 is 24.2 Å². The van der Waals surface area contributed by atoms with Crippen molar-refractivity contribution in [3.63, 3.8) is 0 Å². The van der Waals surface area contributed by atoms with Crippen molar-refractivity contribution in [1.82, 2.24) is 10.6 Å². The molecule has 3 atom stereocenters. The average molecular weight is 388 g/mol. The van der Waals surface area contributed by atoms with Gasteiger partial charge in [0.2, 0.25) is 11.8 Å². The third-order valence-corrected chi connectivity index (χ3v) is 5.92. The molecule has 7 heteroatoms. The minimum Gasteiger partial charge on any atom is -0.468 e. The summed E-state index contributed by atoms with van der Waals surface area (Å²) in [5.74, 6) is -1.21. The predicted molar refractivity (Wildman–Crippen MR) is 102 cm³/mol. The van der Waals surface area contributed by atoms with Gasteiger partial charge >= 0.3 is 5.97 Å². The maximum Gasteiger partial charge on any atom is 0.325 e. The van der Waals surface area contributed by atoms with Gasteiger partial charge in [-0.3, -0.25) is 14.4 Å². The van der Waals surface area contributed by atoms with Crippen LogP contribution in [-0.2, 0) is 24.5 Å². The first kappa shape index (κ1) is 20.3. The van der Waals surface area contributed by atoms with Gasteiger partial charge < -0.3 is 20.5 Å². The quantitative estimate of drug-likeness (QED) is 0.630. The first-order valence-electron chi connectivity index (χ1n) is 9.76. The number of aliphatic hydroxyl groups excluding tert-OH is 1. The lowest BCUT2D eigenvalue weighted by Gasteiger charge is -2.34. The van der Waals surface area contributed by atoms with E-state index < -0.39 is 23.5 Å². The molecule has 7 nitrogen and oxygen atoms in total. The zero-order valence-corrected chi connectivity index (χ0v) is 16.4. The molecule has 2 fully saturated rings. The minimum atomic E-state index is -0.678. The van der Waals surface area contributed by atoms with Gasteiger partial charge in [0, 0.05) is 5.92 Å². The standard InChI is InChI=1S/C21H28N2O5/c1-13-3-6-15(7-4-13)21(9-10-21)20(27)23-16-11-14(5-8-17(16)24)19(26)22-12-18(25)28-2/h3-4,6-7,14,16-17,24H,5,8-12H2,1-2H3,(H,22,26)(H,23,27)/t14-,16+,17+/m0/s1. The first-order chi connectivity index (χ1) is 13.4. The Labute approximate surface area is 164 Å². The predicted octanol–water partition coefficient (Wildman–Crippen LogP) is 0.962. The number of aryl methyl sites for hydroxylation is 1. The number of benzene rings is 1. The number of hydrogen-bond acceptors (Lipinski definition) is 5. The molecule has 2 amide bonds.